The van der Waals surface area contributed by atoms with Crippen LogP contribution in [-0.2, 0) is 14.3 Å². The third-order valence-electron chi connectivity index (χ3n) is 4.88. The van der Waals surface area contributed by atoms with Gasteiger partial charge in [0.05, 0.1) is 12.5 Å². The van der Waals surface area contributed by atoms with Crippen molar-refractivity contribution < 1.29 is 14.3 Å². The largest absolute Gasteiger partial charge is 0.355 e. The van der Waals surface area contributed by atoms with Crippen LogP contribution >= 0.6 is 23.2 Å². The molecular weight excluding hydrogens is 437 g/mol. The van der Waals surface area contributed by atoms with Crippen molar-refractivity contribution in [1.82, 2.24) is 5.32 Å². The maximum atomic E-state index is 13.5. The summed E-state index contributed by atoms with van der Waals surface area (Å²) in [5.41, 5.74) is 2.05. The van der Waals surface area contributed by atoms with Gasteiger partial charge in [0, 0.05) is 33.4 Å². The zero-order valence-electron chi connectivity index (χ0n) is 17.3. The van der Waals surface area contributed by atoms with Crippen molar-refractivity contribution >= 4 is 40.7 Å². The third-order valence-corrected chi connectivity index (χ3v) is 5.45. The lowest BCUT2D eigenvalue weighted by Gasteiger charge is -2.26. The minimum absolute atomic E-state index is 0.140. The van der Waals surface area contributed by atoms with E-state index in [9.17, 15) is 9.59 Å². The van der Waals surface area contributed by atoms with E-state index < -0.39 is 18.1 Å². The Morgan fingerprint density at radius 2 is 1.97 bits per heavy atom. The molecule has 0 aromatic heterocycles. The number of hydrogen-bond acceptors (Lipinski definition) is 4. The normalized spacial score (nSPS) is 18.3. The van der Waals surface area contributed by atoms with Crippen LogP contribution in [-0.4, -0.2) is 31.0 Å². The Labute approximate surface area is 191 Å². The standard InChI is InChI=1S/C23H23Cl2N3O3/c1-14(2)13-28-19-8-7-15(24)11-17(19)22(16-5-3-4-6-18(16)25)31-20(23(28)30)12-21(29)27-10-9-26/h3-8,11,14,20,22H,10,12-13H2,1-2H3,(H,27,29)/t20-,22-/m1/s1. The molecule has 1 aliphatic heterocycles. The van der Waals surface area contributed by atoms with E-state index in [0.717, 1.165) is 0 Å². The Morgan fingerprint density at radius 3 is 2.65 bits per heavy atom. The lowest BCUT2D eigenvalue weighted by Crippen LogP contribution is -2.43. The fourth-order valence-corrected chi connectivity index (χ4v) is 3.98. The molecule has 0 radical (unpaired) electrons. The average molecular weight is 460 g/mol. The van der Waals surface area contributed by atoms with E-state index in [0.29, 0.717) is 33.4 Å². The summed E-state index contributed by atoms with van der Waals surface area (Å²) in [5.74, 6) is -0.581. The second-order valence-corrected chi connectivity index (χ2v) is 8.55. The molecule has 162 valence electrons. The number of halogens is 2. The Hall–Kier alpha value is -2.59. The van der Waals surface area contributed by atoms with Crippen LogP contribution in [0.3, 0.4) is 0 Å². The smallest absolute Gasteiger partial charge is 0.256 e. The van der Waals surface area contributed by atoms with E-state index >= 15 is 0 Å². The molecule has 1 aliphatic rings. The molecule has 0 saturated heterocycles. The van der Waals surface area contributed by atoms with Gasteiger partial charge in [0.15, 0.2) is 0 Å². The highest BCUT2D eigenvalue weighted by molar-refractivity contribution is 6.31. The number of anilines is 1. The summed E-state index contributed by atoms with van der Waals surface area (Å²) < 4.78 is 6.26. The van der Waals surface area contributed by atoms with Gasteiger partial charge in [-0.1, -0.05) is 55.2 Å². The maximum absolute atomic E-state index is 13.5. The van der Waals surface area contributed by atoms with E-state index in [-0.39, 0.29) is 24.8 Å². The van der Waals surface area contributed by atoms with E-state index in [1.54, 1.807) is 29.2 Å². The van der Waals surface area contributed by atoms with Crippen LogP contribution in [0.1, 0.15) is 37.5 Å². The summed E-state index contributed by atoms with van der Waals surface area (Å²) in [5, 5.41) is 12.2. The van der Waals surface area contributed by atoms with Gasteiger partial charge in [-0.2, -0.15) is 5.26 Å². The number of hydrogen-bond donors (Lipinski definition) is 1. The number of nitriles is 1. The van der Waals surface area contributed by atoms with E-state index in [2.05, 4.69) is 5.32 Å². The number of rotatable bonds is 6. The second kappa shape index (κ2) is 10.1. The molecule has 1 N–H and O–H groups in total. The third kappa shape index (κ3) is 5.37. The monoisotopic (exact) mass is 459 g/mol. The van der Waals surface area contributed by atoms with Crippen molar-refractivity contribution in [3.8, 4) is 6.07 Å². The number of amides is 2. The average Bonchev–Trinajstić information content (AvgIpc) is 2.83. The summed E-state index contributed by atoms with van der Waals surface area (Å²) in [4.78, 5) is 27.5. The molecule has 2 aromatic rings. The van der Waals surface area contributed by atoms with Gasteiger partial charge in [0.1, 0.15) is 18.8 Å². The molecule has 2 atom stereocenters. The SMILES string of the molecule is CC(C)CN1C(=O)[C@@H](CC(=O)NCC#N)O[C@H](c2ccccc2Cl)c2cc(Cl)ccc21. The highest BCUT2D eigenvalue weighted by atomic mass is 35.5. The first-order valence-corrected chi connectivity index (χ1v) is 10.7. The van der Waals surface area contributed by atoms with Crippen molar-refractivity contribution in [1.29, 1.82) is 5.26 Å². The molecule has 2 amide bonds. The van der Waals surface area contributed by atoms with Crippen LogP contribution in [0.25, 0.3) is 0 Å². The first-order chi connectivity index (χ1) is 14.8. The van der Waals surface area contributed by atoms with Gasteiger partial charge >= 0.3 is 0 Å². The lowest BCUT2D eigenvalue weighted by molar-refractivity contribution is -0.138. The maximum Gasteiger partial charge on any atom is 0.256 e. The van der Waals surface area contributed by atoms with Crippen molar-refractivity contribution in [2.75, 3.05) is 18.0 Å². The second-order valence-electron chi connectivity index (χ2n) is 7.71. The predicted molar refractivity (Wildman–Crippen MR) is 120 cm³/mol. The fourth-order valence-electron chi connectivity index (χ4n) is 3.57. The number of nitrogens with one attached hydrogen (secondary N) is 1. The van der Waals surface area contributed by atoms with Gasteiger partial charge in [0.25, 0.3) is 5.91 Å². The molecule has 6 nitrogen and oxygen atoms in total. The zero-order valence-corrected chi connectivity index (χ0v) is 18.8. The summed E-state index contributed by atoms with van der Waals surface area (Å²) in [6, 6.07) is 14.4. The van der Waals surface area contributed by atoms with Gasteiger partial charge in [-0.25, -0.2) is 0 Å². The molecule has 31 heavy (non-hydrogen) atoms. The first kappa shape index (κ1) is 23.1. The number of benzene rings is 2. The zero-order chi connectivity index (χ0) is 22.5. The summed E-state index contributed by atoms with van der Waals surface area (Å²) in [6.45, 7) is 4.32. The number of nitrogens with zero attached hydrogens (tertiary/aromatic N) is 2. The van der Waals surface area contributed by atoms with Crippen molar-refractivity contribution in [3.05, 3.63) is 63.6 Å². The van der Waals surface area contributed by atoms with Crippen LogP contribution < -0.4 is 10.2 Å². The highest BCUT2D eigenvalue weighted by Crippen LogP contribution is 2.42. The van der Waals surface area contributed by atoms with Crippen molar-refractivity contribution in [2.45, 2.75) is 32.5 Å². The minimum Gasteiger partial charge on any atom is -0.355 e. The van der Waals surface area contributed by atoms with Crippen LogP contribution in [0.4, 0.5) is 5.69 Å². The topological polar surface area (TPSA) is 82.4 Å². The molecule has 0 unspecified atom stereocenters. The first-order valence-electron chi connectivity index (χ1n) is 9.96. The number of ether oxygens (including phenoxy) is 1. The summed E-state index contributed by atoms with van der Waals surface area (Å²) in [6.07, 6.45) is -1.96. The highest BCUT2D eigenvalue weighted by Gasteiger charge is 2.38. The van der Waals surface area contributed by atoms with Crippen LogP contribution in [0, 0.1) is 17.2 Å². The number of carbonyl (C=O) groups is 2. The minimum atomic E-state index is -1.05. The summed E-state index contributed by atoms with van der Waals surface area (Å²) in [7, 11) is 0. The van der Waals surface area contributed by atoms with Gasteiger partial charge < -0.3 is 15.0 Å². The molecule has 0 spiro atoms. The molecule has 8 heteroatoms. The molecule has 0 aliphatic carbocycles. The van der Waals surface area contributed by atoms with Gasteiger partial charge in [-0.05, 0) is 30.2 Å². The van der Waals surface area contributed by atoms with Crippen LogP contribution in [0.15, 0.2) is 42.5 Å². The Balaban J connectivity index is 2.12. The number of fused-ring (bicyclic) bond motifs is 1. The molecule has 0 bridgehead atoms. The molecular formula is C23H23Cl2N3O3. The van der Waals surface area contributed by atoms with E-state index in [4.69, 9.17) is 33.2 Å². The van der Waals surface area contributed by atoms with Gasteiger partial charge in [-0.3, -0.25) is 9.59 Å². The quantitative estimate of drug-likeness (QED) is 0.644. The Kier molecular flexibility index (Phi) is 7.55. The van der Waals surface area contributed by atoms with E-state index in [1.165, 1.54) is 0 Å². The molecule has 1 heterocycles. The fraction of sp³-hybridized carbons (Fsp3) is 0.348. The van der Waals surface area contributed by atoms with Gasteiger partial charge in [-0.15, -0.1) is 0 Å². The van der Waals surface area contributed by atoms with Crippen molar-refractivity contribution in [3.63, 3.8) is 0 Å². The number of carbonyl (C=O) groups excluding carboxylic acids is 2. The molecule has 0 saturated carbocycles. The van der Waals surface area contributed by atoms with Crippen molar-refractivity contribution in [2.24, 2.45) is 5.92 Å². The van der Waals surface area contributed by atoms with Crippen LogP contribution in [0.5, 0.6) is 0 Å². The van der Waals surface area contributed by atoms with E-state index in [1.807, 2.05) is 38.1 Å². The predicted octanol–water partition coefficient (Wildman–Crippen LogP) is 4.50. The molecule has 0 fully saturated rings. The summed E-state index contributed by atoms with van der Waals surface area (Å²) >= 11 is 12.8. The van der Waals surface area contributed by atoms with Crippen LogP contribution in [0.2, 0.25) is 10.0 Å². The Morgan fingerprint density at radius 1 is 1.23 bits per heavy atom. The van der Waals surface area contributed by atoms with Gasteiger partial charge in [0.2, 0.25) is 5.91 Å². The molecule has 2 aromatic carbocycles. The lowest BCUT2D eigenvalue weighted by atomic mass is 9.99. The molecule has 3 rings (SSSR count). The Bertz CT molecular complexity index is 1020.